The number of likely N-dealkylation sites (tertiary alicyclic amines) is 1. The third kappa shape index (κ3) is 3.39. The number of likely N-dealkylation sites (N-methyl/N-ethyl adjacent to an activating group) is 1. The molecule has 8 nitrogen and oxygen atoms in total. The second-order valence-corrected chi connectivity index (χ2v) is 10.5. The average molecular weight is 517 g/mol. The van der Waals surface area contributed by atoms with Crippen molar-refractivity contribution in [2.24, 2.45) is 0 Å². The summed E-state index contributed by atoms with van der Waals surface area (Å²) >= 11 is 0. The number of H-pyrrole nitrogens is 1. The zero-order valence-electron chi connectivity index (χ0n) is 21.3. The fourth-order valence-corrected chi connectivity index (χ4v) is 6.35. The Morgan fingerprint density at radius 3 is 2.51 bits per heavy atom. The third-order valence-electron chi connectivity index (χ3n) is 8.32. The van der Waals surface area contributed by atoms with E-state index in [2.05, 4.69) is 56.3 Å². The van der Waals surface area contributed by atoms with Gasteiger partial charge in [-0.3, -0.25) is 15.0 Å². The number of hydrogen-bond donors (Lipinski definition) is 1. The van der Waals surface area contributed by atoms with Gasteiger partial charge in [-0.1, -0.05) is 18.2 Å². The van der Waals surface area contributed by atoms with E-state index < -0.39 is 0 Å². The monoisotopic (exact) mass is 516 g/mol. The zero-order chi connectivity index (χ0) is 26.1. The second-order valence-electron chi connectivity index (χ2n) is 10.5. The lowest BCUT2D eigenvalue weighted by atomic mass is 9.98. The molecule has 8 rings (SSSR count). The molecule has 2 atom stereocenters. The fraction of sp³-hybridized carbons (Fsp3) is 0.200. The quantitative estimate of drug-likeness (QED) is 0.354. The molecule has 2 aromatic carbocycles. The van der Waals surface area contributed by atoms with Crippen LogP contribution in [0.15, 0.2) is 79.4 Å². The van der Waals surface area contributed by atoms with Crippen LogP contribution in [-0.2, 0) is 0 Å². The molecule has 2 bridgehead atoms. The molecule has 2 fully saturated rings. The summed E-state index contributed by atoms with van der Waals surface area (Å²) in [5.74, 6) is -0.347. The minimum absolute atomic E-state index is 0.347. The predicted octanol–water partition coefficient (Wildman–Crippen LogP) is 5.03. The van der Waals surface area contributed by atoms with E-state index in [-0.39, 0.29) is 5.82 Å². The zero-order valence-corrected chi connectivity index (χ0v) is 21.3. The van der Waals surface area contributed by atoms with Crippen LogP contribution in [0.3, 0.4) is 0 Å². The first kappa shape index (κ1) is 22.4. The summed E-state index contributed by atoms with van der Waals surface area (Å²) in [5, 5.41) is 12.7. The number of nitrogens with zero attached hydrogens (tertiary/aromatic N) is 7. The first-order chi connectivity index (χ1) is 19.2. The summed E-state index contributed by atoms with van der Waals surface area (Å²) in [5.41, 5.74) is 7.59. The van der Waals surface area contributed by atoms with E-state index >= 15 is 0 Å². The molecule has 1 N–H and O–H groups in total. The van der Waals surface area contributed by atoms with Gasteiger partial charge in [0.25, 0.3) is 0 Å². The lowest BCUT2D eigenvalue weighted by molar-refractivity contribution is 0.292. The van der Waals surface area contributed by atoms with E-state index in [1.807, 2.05) is 28.9 Å². The Labute approximate surface area is 223 Å². The van der Waals surface area contributed by atoms with Crippen molar-refractivity contribution in [2.75, 3.05) is 25.0 Å². The van der Waals surface area contributed by atoms with Gasteiger partial charge in [0.15, 0.2) is 5.65 Å². The molecule has 0 saturated carbocycles. The fourth-order valence-electron chi connectivity index (χ4n) is 6.35. The van der Waals surface area contributed by atoms with Gasteiger partial charge in [0.2, 0.25) is 0 Å². The molecule has 0 radical (unpaired) electrons. The average Bonchev–Trinajstić information content (AvgIpc) is 3.77. The Morgan fingerprint density at radius 1 is 0.897 bits per heavy atom. The lowest BCUT2D eigenvalue weighted by Gasteiger charge is -2.33. The molecule has 0 aliphatic carbocycles. The van der Waals surface area contributed by atoms with Gasteiger partial charge in [-0.05, 0) is 55.4 Å². The van der Waals surface area contributed by atoms with E-state index in [1.165, 1.54) is 18.2 Å². The maximum Gasteiger partial charge on any atom is 0.164 e. The maximum absolute atomic E-state index is 14.6. The van der Waals surface area contributed by atoms with Crippen molar-refractivity contribution in [1.82, 2.24) is 34.7 Å². The second kappa shape index (κ2) is 8.44. The molecule has 2 aliphatic heterocycles. The molecule has 0 spiro atoms. The summed E-state index contributed by atoms with van der Waals surface area (Å²) in [6.07, 6.45) is 8.20. The number of piperazine rings is 1. The molecule has 6 aromatic rings. The molecule has 0 amide bonds. The SMILES string of the molecule is CN1C[C@@H]2C[C@H]1CN2c1ccc(-c2ccnc3c(-c4ccc(F)c5[nH]ncc45)c(-c4ccncc4)nn23)cc1. The van der Waals surface area contributed by atoms with E-state index in [4.69, 9.17) is 10.1 Å². The highest BCUT2D eigenvalue weighted by Gasteiger charge is 2.41. The number of benzene rings is 2. The van der Waals surface area contributed by atoms with Crippen molar-refractivity contribution in [3.05, 3.63) is 85.2 Å². The molecule has 9 heteroatoms. The van der Waals surface area contributed by atoms with E-state index in [0.29, 0.717) is 28.6 Å². The Kier molecular flexibility index (Phi) is 4.84. The highest BCUT2D eigenvalue weighted by molar-refractivity contribution is 6.03. The van der Waals surface area contributed by atoms with Gasteiger partial charge >= 0.3 is 0 Å². The van der Waals surface area contributed by atoms with E-state index in [0.717, 1.165) is 46.7 Å². The smallest absolute Gasteiger partial charge is 0.164 e. The molecule has 0 unspecified atom stereocenters. The van der Waals surface area contributed by atoms with Crippen molar-refractivity contribution < 1.29 is 4.39 Å². The Morgan fingerprint density at radius 2 is 1.74 bits per heavy atom. The first-order valence-electron chi connectivity index (χ1n) is 13.1. The minimum atomic E-state index is -0.347. The molecular formula is C30H25FN8. The number of anilines is 1. The normalized spacial score (nSPS) is 19.1. The van der Waals surface area contributed by atoms with Gasteiger partial charge in [0.1, 0.15) is 17.0 Å². The lowest BCUT2D eigenvalue weighted by Crippen LogP contribution is -2.44. The molecule has 2 aliphatic rings. The van der Waals surface area contributed by atoms with Crippen LogP contribution in [-0.4, -0.2) is 66.9 Å². The summed E-state index contributed by atoms with van der Waals surface area (Å²) in [6, 6.07) is 19.1. The highest BCUT2D eigenvalue weighted by Crippen LogP contribution is 2.40. The third-order valence-corrected chi connectivity index (χ3v) is 8.32. The number of nitrogens with one attached hydrogen (secondary N) is 1. The summed E-state index contributed by atoms with van der Waals surface area (Å²) in [7, 11) is 2.22. The van der Waals surface area contributed by atoms with Crippen LogP contribution >= 0.6 is 0 Å². The van der Waals surface area contributed by atoms with Crippen molar-refractivity contribution >= 4 is 22.2 Å². The van der Waals surface area contributed by atoms with Crippen LogP contribution in [0.5, 0.6) is 0 Å². The Hall–Kier alpha value is -4.63. The van der Waals surface area contributed by atoms with Gasteiger partial charge < -0.3 is 4.90 Å². The molecule has 4 aromatic heterocycles. The standard InChI is InChI=1S/C30H25FN8/c1-37-16-22-14-21(37)17-38(22)20-4-2-18(3-5-20)26-10-13-33-30-27(23-6-7-25(31)29-24(23)15-34-35-29)28(36-39(26)30)19-8-11-32-12-9-19/h2-13,15,21-22H,14,16-17H2,1H3,(H,34,35)/t21-,22-/m0/s1. The Bertz CT molecular complexity index is 1840. The largest absolute Gasteiger partial charge is 0.366 e. The molecule has 39 heavy (non-hydrogen) atoms. The number of aromatic amines is 1. The van der Waals surface area contributed by atoms with Crippen LogP contribution in [0.1, 0.15) is 6.42 Å². The van der Waals surface area contributed by atoms with Gasteiger partial charge in [0.05, 0.1) is 17.5 Å². The predicted molar refractivity (Wildman–Crippen MR) is 149 cm³/mol. The van der Waals surface area contributed by atoms with Crippen LogP contribution in [0.25, 0.3) is 50.2 Å². The van der Waals surface area contributed by atoms with E-state index in [1.54, 1.807) is 24.7 Å². The molecule has 192 valence electrons. The van der Waals surface area contributed by atoms with E-state index in [9.17, 15) is 4.39 Å². The van der Waals surface area contributed by atoms with Gasteiger partial charge in [0, 0.05) is 66.0 Å². The highest BCUT2D eigenvalue weighted by atomic mass is 19.1. The number of rotatable bonds is 4. The minimum Gasteiger partial charge on any atom is -0.366 e. The van der Waals surface area contributed by atoms with Gasteiger partial charge in [-0.25, -0.2) is 13.9 Å². The maximum atomic E-state index is 14.6. The van der Waals surface area contributed by atoms with Crippen molar-refractivity contribution in [3.63, 3.8) is 0 Å². The van der Waals surface area contributed by atoms with Crippen molar-refractivity contribution in [3.8, 4) is 33.6 Å². The van der Waals surface area contributed by atoms with Crippen molar-refractivity contribution in [2.45, 2.75) is 18.5 Å². The summed E-state index contributed by atoms with van der Waals surface area (Å²) in [4.78, 5) is 14.0. The van der Waals surface area contributed by atoms with Crippen LogP contribution in [0.2, 0.25) is 0 Å². The van der Waals surface area contributed by atoms with Crippen LogP contribution in [0.4, 0.5) is 10.1 Å². The number of aromatic nitrogens is 6. The number of pyridine rings is 1. The van der Waals surface area contributed by atoms with Crippen LogP contribution in [0, 0.1) is 5.82 Å². The van der Waals surface area contributed by atoms with Gasteiger partial charge in [-0.15, -0.1) is 0 Å². The summed E-state index contributed by atoms with van der Waals surface area (Å²) in [6.45, 7) is 2.20. The first-order valence-corrected chi connectivity index (χ1v) is 13.1. The van der Waals surface area contributed by atoms with Gasteiger partial charge in [-0.2, -0.15) is 10.2 Å². The van der Waals surface area contributed by atoms with Crippen LogP contribution < -0.4 is 4.90 Å². The Balaban J connectivity index is 1.29. The molecular weight excluding hydrogens is 491 g/mol. The van der Waals surface area contributed by atoms with Crippen molar-refractivity contribution in [1.29, 1.82) is 0 Å². The summed E-state index contributed by atoms with van der Waals surface area (Å²) < 4.78 is 16.4. The number of hydrogen-bond acceptors (Lipinski definition) is 6. The number of fused-ring (bicyclic) bond motifs is 4. The topological polar surface area (TPSA) is 78.2 Å². The molecule has 6 heterocycles. The molecule has 2 saturated heterocycles. The number of halogens is 1.